The first-order chi connectivity index (χ1) is 11.3. The molecule has 1 saturated carbocycles. The molecule has 0 radical (unpaired) electrons. The van der Waals surface area contributed by atoms with Gasteiger partial charge in [-0.15, -0.1) is 0 Å². The summed E-state index contributed by atoms with van der Waals surface area (Å²) >= 11 is 0. The third-order valence-electron chi connectivity index (χ3n) is 4.39. The highest BCUT2D eigenvalue weighted by Crippen LogP contribution is 2.51. The van der Waals surface area contributed by atoms with Crippen LogP contribution in [0.3, 0.4) is 0 Å². The zero-order valence-corrected chi connectivity index (χ0v) is 14.6. The minimum atomic E-state index is -0.859. The summed E-state index contributed by atoms with van der Waals surface area (Å²) in [5.41, 5.74) is 0.432. The van der Waals surface area contributed by atoms with Gasteiger partial charge in [-0.25, -0.2) is 0 Å². The van der Waals surface area contributed by atoms with Crippen molar-refractivity contribution in [1.29, 1.82) is 0 Å². The van der Waals surface area contributed by atoms with E-state index in [4.69, 9.17) is 14.6 Å². The molecule has 2 unspecified atom stereocenters. The molecule has 2 N–H and O–H groups in total. The molecule has 0 bridgehead atoms. The summed E-state index contributed by atoms with van der Waals surface area (Å²) in [5, 5.41) is 11.8. The lowest BCUT2D eigenvalue weighted by Gasteiger charge is -2.25. The number of ether oxygens (including phenoxy) is 2. The fraction of sp³-hybridized carbons (Fsp3) is 0.556. The van der Waals surface area contributed by atoms with Crippen LogP contribution in [-0.2, 0) is 9.59 Å². The van der Waals surface area contributed by atoms with Crippen molar-refractivity contribution in [3.05, 3.63) is 23.8 Å². The number of benzene rings is 1. The van der Waals surface area contributed by atoms with Gasteiger partial charge < -0.3 is 19.9 Å². The lowest BCUT2D eigenvalue weighted by molar-refractivity contribution is -0.138. The number of amides is 1. The summed E-state index contributed by atoms with van der Waals surface area (Å²) in [5.74, 6) is 0.573. The minimum absolute atomic E-state index is 0.0328. The van der Waals surface area contributed by atoms with Crippen LogP contribution in [-0.4, -0.2) is 36.7 Å². The lowest BCUT2D eigenvalue weighted by Crippen LogP contribution is -2.44. The van der Waals surface area contributed by atoms with Gasteiger partial charge in [-0.1, -0.05) is 0 Å². The molecule has 2 atom stereocenters. The average molecular weight is 335 g/mol. The first-order valence-corrected chi connectivity index (χ1v) is 8.03. The molecular weight excluding hydrogens is 310 g/mol. The number of carboxylic acid groups (broad SMARTS) is 1. The monoisotopic (exact) mass is 335 g/mol. The number of carbonyl (C=O) groups excluding carboxylic acids is 1. The summed E-state index contributed by atoms with van der Waals surface area (Å²) in [6.07, 6.45) is 1.18. The molecule has 0 aromatic heterocycles. The Morgan fingerprint density at radius 3 is 2.58 bits per heavy atom. The average Bonchev–Trinajstić information content (AvgIpc) is 3.32. The summed E-state index contributed by atoms with van der Waals surface area (Å²) in [4.78, 5) is 23.2. The number of carbonyl (C=O) groups is 2. The Labute approximate surface area is 142 Å². The van der Waals surface area contributed by atoms with Crippen molar-refractivity contribution in [1.82, 2.24) is 5.32 Å². The predicted octanol–water partition coefficient (Wildman–Crippen LogP) is 2.57. The van der Waals surface area contributed by atoms with E-state index in [1.165, 1.54) is 0 Å². The molecule has 1 amide bonds. The van der Waals surface area contributed by atoms with Crippen LogP contribution in [0.1, 0.15) is 44.6 Å². The van der Waals surface area contributed by atoms with Crippen LogP contribution in [0.4, 0.5) is 0 Å². The zero-order chi connectivity index (χ0) is 17.9. The topological polar surface area (TPSA) is 84.9 Å². The first-order valence-electron chi connectivity index (χ1n) is 8.03. The molecule has 6 heteroatoms. The maximum atomic E-state index is 12.5. The van der Waals surface area contributed by atoms with Crippen molar-refractivity contribution in [2.24, 2.45) is 5.92 Å². The number of hydrogen-bond donors (Lipinski definition) is 2. The van der Waals surface area contributed by atoms with Crippen LogP contribution in [0, 0.1) is 5.92 Å². The smallest absolute Gasteiger partial charge is 0.303 e. The van der Waals surface area contributed by atoms with Crippen molar-refractivity contribution >= 4 is 11.9 Å². The van der Waals surface area contributed by atoms with Crippen LogP contribution in [0.15, 0.2) is 18.2 Å². The van der Waals surface area contributed by atoms with Crippen LogP contribution in [0.5, 0.6) is 11.5 Å². The van der Waals surface area contributed by atoms with Gasteiger partial charge in [-0.05, 0) is 44.9 Å². The molecule has 6 nitrogen and oxygen atoms in total. The lowest BCUT2D eigenvalue weighted by atomic mass is 9.97. The maximum Gasteiger partial charge on any atom is 0.303 e. The molecule has 1 aromatic carbocycles. The van der Waals surface area contributed by atoms with Gasteiger partial charge in [0, 0.05) is 29.4 Å². The quantitative estimate of drug-likeness (QED) is 0.763. The molecule has 0 saturated heterocycles. The van der Waals surface area contributed by atoms with Crippen LogP contribution in [0.25, 0.3) is 0 Å². The molecule has 1 fully saturated rings. The third kappa shape index (κ3) is 4.40. The molecule has 24 heavy (non-hydrogen) atoms. The number of carboxylic acids is 1. The normalized spacial score (nSPS) is 19.5. The third-order valence-corrected chi connectivity index (χ3v) is 4.39. The van der Waals surface area contributed by atoms with Gasteiger partial charge in [0.05, 0.1) is 14.2 Å². The molecule has 1 aliphatic rings. The van der Waals surface area contributed by atoms with Gasteiger partial charge in [0.25, 0.3) is 0 Å². The highest BCUT2D eigenvalue weighted by molar-refractivity contribution is 5.84. The van der Waals surface area contributed by atoms with Crippen LogP contribution < -0.4 is 14.8 Å². The molecule has 1 aromatic rings. The Hall–Kier alpha value is -2.24. The fourth-order valence-electron chi connectivity index (χ4n) is 2.87. The predicted molar refractivity (Wildman–Crippen MR) is 89.5 cm³/mol. The number of hydrogen-bond acceptors (Lipinski definition) is 4. The van der Waals surface area contributed by atoms with E-state index in [1.54, 1.807) is 14.2 Å². The van der Waals surface area contributed by atoms with Crippen molar-refractivity contribution in [3.8, 4) is 11.5 Å². The molecular formula is C18H25NO5. The number of aliphatic carboxylic acids is 1. The fourth-order valence-corrected chi connectivity index (χ4v) is 2.87. The molecule has 2 rings (SSSR count). The van der Waals surface area contributed by atoms with Gasteiger partial charge in [0.1, 0.15) is 11.5 Å². The SMILES string of the molecule is COc1ccc(OC)c(C2CC2C(=O)NC(C)(C)CCC(=O)O)c1. The van der Waals surface area contributed by atoms with Crippen LogP contribution in [0.2, 0.25) is 0 Å². The highest BCUT2D eigenvalue weighted by atomic mass is 16.5. The van der Waals surface area contributed by atoms with E-state index in [-0.39, 0.29) is 24.2 Å². The van der Waals surface area contributed by atoms with Gasteiger partial charge in [-0.3, -0.25) is 9.59 Å². The van der Waals surface area contributed by atoms with Gasteiger partial charge in [0.2, 0.25) is 5.91 Å². The van der Waals surface area contributed by atoms with Crippen molar-refractivity contribution < 1.29 is 24.2 Å². The maximum absolute atomic E-state index is 12.5. The van der Waals surface area contributed by atoms with E-state index in [0.717, 1.165) is 23.5 Å². The Balaban J connectivity index is 2.02. The Bertz CT molecular complexity index is 626. The van der Waals surface area contributed by atoms with Crippen molar-refractivity contribution in [3.63, 3.8) is 0 Å². The largest absolute Gasteiger partial charge is 0.497 e. The summed E-state index contributed by atoms with van der Waals surface area (Å²) in [7, 11) is 3.21. The zero-order valence-electron chi connectivity index (χ0n) is 14.6. The Morgan fingerprint density at radius 2 is 2.00 bits per heavy atom. The van der Waals surface area contributed by atoms with Crippen molar-refractivity contribution in [2.45, 2.75) is 44.6 Å². The number of methoxy groups -OCH3 is 2. The second-order valence-electron chi connectivity index (χ2n) is 6.82. The molecule has 0 spiro atoms. The number of nitrogens with one attached hydrogen (secondary N) is 1. The van der Waals surface area contributed by atoms with Crippen molar-refractivity contribution in [2.75, 3.05) is 14.2 Å². The first kappa shape index (κ1) is 18.1. The summed E-state index contributed by atoms with van der Waals surface area (Å²) in [6.45, 7) is 3.69. The highest BCUT2D eigenvalue weighted by Gasteiger charge is 2.46. The summed E-state index contributed by atoms with van der Waals surface area (Å²) < 4.78 is 10.6. The van der Waals surface area contributed by atoms with E-state index in [1.807, 2.05) is 32.0 Å². The Kier molecular flexibility index (Phi) is 5.36. The molecule has 1 aliphatic carbocycles. The number of rotatable bonds is 8. The Morgan fingerprint density at radius 1 is 1.29 bits per heavy atom. The second kappa shape index (κ2) is 7.11. The van der Waals surface area contributed by atoms with E-state index in [9.17, 15) is 9.59 Å². The van der Waals surface area contributed by atoms with Gasteiger partial charge in [-0.2, -0.15) is 0 Å². The molecule has 0 aliphatic heterocycles. The standard InChI is InChI=1S/C18H25NO5/c1-18(2,8-7-16(20)21)19-17(22)14-10-12(14)13-9-11(23-3)5-6-15(13)24-4/h5-6,9,12,14H,7-8,10H2,1-4H3,(H,19,22)(H,20,21). The van der Waals surface area contributed by atoms with E-state index >= 15 is 0 Å². The van der Waals surface area contributed by atoms with E-state index in [2.05, 4.69) is 5.32 Å². The van der Waals surface area contributed by atoms with E-state index in [0.29, 0.717) is 6.42 Å². The molecule has 132 valence electrons. The van der Waals surface area contributed by atoms with E-state index < -0.39 is 11.5 Å². The minimum Gasteiger partial charge on any atom is -0.497 e. The molecule has 0 heterocycles. The second-order valence-corrected chi connectivity index (χ2v) is 6.82. The van der Waals surface area contributed by atoms with Gasteiger partial charge in [0.15, 0.2) is 0 Å². The van der Waals surface area contributed by atoms with Gasteiger partial charge >= 0.3 is 5.97 Å². The summed E-state index contributed by atoms with van der Waals surface area (Å²) in [6, 6.07) is 5.58. The van der Waals surface area contributed by atoms with Crippen LogP contribution >= 0.6 is 0 Å².